The number of nitrogens with zero attached hydrogens (tertiary/aromatic N) is 2. The highest BCUT2D eigenvalue weighted by Gasteiger charge is 2.49. The maximum absolute atomic E-state index is 2.75. The van der Waals surface area contributed by atoms with Gasteiger partial charge in [-0.2, -0.15) is 0 Å². The van der Waals surface area contributed by atoms with Crippen LogP contribution in [0.3, 0.4) is 0 Å². The molecule has 3 unspecified atom stereocenters. The minimum absolute atomic E-state index is 0.0312. The maximum Gasteiger partial charge on any atom is 0.252 e. The van der Waals surface area contributed by atoms with E-state index in [9.17, 15) is 0 Å². The van der Waals surface area contributed by atoms with Gasteiger partial charge in [0.25, 0.3) is 6.71 Å². The van der Waals surface area contributed by atoms with Gasteiger partial charge in [0.05, 0.1) is 11.4 Å². The molecule has 2 aliphatic heterocycles. The van der Waals surface area contributed by atoms with Gasteiger partial charge in [-0.3, -0.25) is 0 Å². The van der Waals surface area contributed by atoms with Crippen LogP contribution in [0.25, 0.3) is 72.3 Å². The van der Waals surface area contributed by atoms with Crippen LogP contribution in [0.15, 0.2) is 313 Å². The first-order valence-corrected chi connectivity index (χ1v) is 38.3. The second kappa shape index (κ2) is 25.1. The SMILES string of the molecule is CC(C)(C)C1=CC2=C(c3ccc4c(c3)B3c5cc(-c6ccccc6)ccc5N(c5c(-c6ccccc6)cc(C(C)(C)C)cc5-c5ccccc5)c5cc(-c6ccc(C(C)(C)C)cc6)cc(c53)N4c3c(-c4ccccc4)cc(C(C)(C)C)cc3-c3ccccc3)C=C3C=C(C(C)(C)C)CC4C=CC(=C1)C2C34. The highest BCUT2D eigenvalue weighted by Crippen LogP contribution is 2.59. The van der Waals surface area contributed by atoms with E-state index in [0.717, 1.165) is 40.4 Å². The zero-order valence-electron chi connectivity index (χ0n) is 64.0. The molecule has 4 aliphatic carbocycles. The van der Waals surface area contributed by atoms with Crippen molar-refractivity contribution < 1.29 is 0 Å². The summed E-state index contributed by atoms with van der Waals surface area (Å²) in [5.41, 5.74) is 38.1. The Hall–Kier alpha value is -10.5. The molecule has 0 amide bonds. The average molecular weight is 1360 g/mol. The van der Waals surface area contributed by atoms with E-state index in [1.165, 1.54) is 139 Å². The van der Waals surface area contributed by atoms with Gasteiger partial charge in [0.15, 0.2) is 0 Å². The first-order valence-electron chi connectivity index (χ1n) is 38.3. The van der Waals surface area contributed by atoms with Crippen LogP contribution >= 0.6 is 0 Å². The summed E-state index contributed by atoms with van der Waals surface area (Å²) in [5.74, 6) is 1.02. The number of benzene rings is 11. The number of anilines is 6. The van der Waals surface area contributed by atoms with Crippen molar-refractivity contribution in [3.05, 3.63) is 335 Å². The fourth-order valence-corrected chi connectivity index (χ4v) is 17.7. The van der Waals surface area contributed by atoms with Crippen LogP contribution in [-0.2, 0) is 16.2 Å². The van der Waals surface area contributed by atoms with E-state index in [2.05, 4.69) is 399 Å². The van der Waals surface area contributed by atoms with Crippen LogP contribution in [0.2, 0.25) is 0 Å². The second-order valence-electron chi connectivity index (χ2n) is 35.7. The molecule has 6 aliphatic rings. The number of hydrogen-bond acceptors (Lipinski definition) is 2. The fraction of sp³-hybridized carbons (Fsp3) is 0.235. The highest BCUT2D eigenvalue weighted by atomic mass is 15.2. The predicted octanol–water partition coefficient (Wildman–Crippen LogP) is 26.1. The van der Waals surface area contributed by atoms with Gasteiger partial charge < -0.3 is 9.80 Å². The summed E-state index contributed by atoms with van der Waals surface area (Å²) >= 11 is 0. The zero-order valence-corrected chi connectivity index (χ0v) is 64.0. The molecular weight excluding hydrogens is 1260 g/mol. The average Bonchev–Trinajstić information content (AvgIpc) is 0.689. The summed E-state index contributed by atoms with van der Waals surface area (Å²) in [6.07, 6.45) is 16.6. The van der Waals surface area contributed by atoms with Gasteiger partial charge in [-0.05, 0) is 199 Å². The van der Waals surface area contributed by atoms with E-state index >= 15 is 0 Å². The van der Waals surface area contributed by atoms with E-state index in [1.807, 2.05) is 0 Å². The number of allylic oxidation sites excluding steroid dienone is 12. The topological polar surface area (TPSA) is 6.48 Å². The molecule has 0 saturated carbocycles. The Bertz CT molecular complexity index is 5350. The third kappa shape index (κ3) is 11.9. The Morgan fingerprint density at radius 2 is 0.733 bits per heavy atom. The summed E-state index contributed by atoms with van der Waals surface area (Å²) in [4.78, 5) is 5.49. The molecule has 0 N–H and O–H groups in total. The van der Waals surface area contributed by atoms with Gasteiger partial charge in [-0.15, -0.1) is 0 Å². The van der Waals surface area contributed by atoms with E-state index in [1.54, 1.807) is 0 Å². The first-order chi connectivity index (χ1) is 50.2. The smallest absolute Gasteiger partial charge is 0.252 e. The molecule has 3 atom stereocenters. The van der Waals surface area contributed by atoms with Crippen LogP contribution in [-0.4, -0.2) is 6.71 Å². The molecule has 0 fully saturated rings. The quantitative estimate of drug-likeness (QED) is 0.133. The number of hydrogen-bond donors (Lipinski definition) is 0. The first kappa shape index (κ1) is 67.7. The van der Waals surface area contributed by atoms with Crippen molar-refractivity contribution in [3.63, 3.8) is 0 Å². The van der Waals surface area contributed by atoms with Gasteiger partial charge >= 0.3 is 0 Å². The summed E-state index contributed by atoms with van der Waals surface area (Å²) in [6, 6.07) is 96.1. The van der Waals surface area contributed by atoms with Gasteiger partial charge in [0.1, 0.15) is 0 Å². The maximum atomic E-state index is 2.75. The lowest BCUT2D eigenvalue weighted by atomic mass is 9.33. The lowest BCUT2D eigenvalue weighted by molar-refractivity contribution is 0.328. The Morgan fingerprint density at radius 3 is 1.16 bits per heavy atom. The minimum Gasteiger partial charge on any atom is -0.310 e. The van der Waals surface area contributed by atoms with Crippen molar-refractivity contribution in [1.29, 1.82) is 0 Å². The lowest BCUT2D eigenvalue weighted by Crippen LogP contribution is -2.61. The molecule has 3 heteroatoms. The van der Waals surface area contributed by atoms with E-state index in [4.69, 9.17) is 0 Å². The third-order valence-corrected chi connectivity index (χ3v) is 23.6. The molecule has 0 radical (unpaired) electrons. The molecule has 2 nitrogen and oxygen atoms in total. The molecule has 518 valence electrons. The minimum atomic E-state index is -0.252. The van der Waals surface area contributed by atoms with Gasteiger partial charge in [-0.1, -0.05) is 346 Å². The lowest BCUT2D eigenvalue weighted by Gasteiger charge is -2.48. The van der Waals surface area contributed by atoms with Crippen LogP contribution in [0.4, 0.5) is 34.1 Å². The third-order valence-electron chi connectivity index (χ3n) is 23.6. The van der Waals surface area contributed by atoms with E-state index < -0.39 is 0 Å². The largest absolute Gasteiger partial charge is 0.310 e. The molecule has 0 spiro atoms. The standard InChI is InChI=1S/C102H97BN2/c1-98(2,3)76-47-43-65(44-48-76)74-57-91-95-92(58-74)105(97-84(68-37-27-19-28-38-68)61-80(102(13,14)15)62-85(97)69-39-29-20-30-40-69)90-50-46-71(81-54-75-53-77(99(4,5)6)51-72-41-42-73-52-78(100(7,8)9)63-86(81)94(73)93(72)75)56-88(90)103(95)87-55-70(64-31-21-16-22-32-64)45-49-89(87)104(91)96-82(66-33-23-17-24-34-66)59-79(101(10,11)12)60-83(96)67-35-25-18-26-36-67/h16-50,52-63,72,93-94H,51H2,1-15H3. The van der Waals surface area contributed by atoms with Gasteiger partial charge in [0.2, 0.25) is 0 Å². The molecule has 11 aromatic rings. The molecule has 11 aromatic carbocycles. The Labute approximate surface area is 625 Å². The molecule has 105 heavy (non-hydrogen) atoms. The molecule has 17 rings (SSSR count). The van der Waals surface area contributed by atoms with Crippen LogP contribution < -0.4 is 26.2 Å². The van der Waals surface area contributed by atoms with Crippen molar-refractivity contribution in [3.8, 4) is 66.8 Å². The van der Waals surface area contributed by atoms with Crippen molar-refractivity contribution >= 4 is 62.8 Å². The summed E-state index contributed by atoms with van der Waals surface area (Å²) in [5, 5.41) is 0. The van der Waals surface area contributed by atoms with Gasteiger partial charge in [0, 0.05) is 56.8 Å². The van der Waals surface area contributed by atoms with E-state index in [0.29, 0.717) is 11.8 Å². The van der Waals surface area contributed by atoms with Crippen molar-refractivity contribution in [2.75, 3.05) is 9.80 Å². The predicted molar refractivity (Wildman–Crippen MR) is 452 cm³/mol. The Kier molecular flexibility index (Phi) is 16.2. The van der Waals surface area contributed by atoms with Crippen LogP contribution in [0.1, 0.15) is 133 Å². The van der Waals surface area contributed by atoms with Crippen molar-refractivity contribution in [1.82, 2.24) is 0 Å². The van der Waals surface area contributed by atoms with E-state index in [-0.39, 0.29) is 39.7 Å². The molecule has 0 bridgehead atoms. The summed E-state index contributed by atoms with van der Waals surface area (Å²) < 4.78 is 0. The van der Waals surface area contributed by atoms with Gasteiger partial charge in [-0.25, -0.2) is 0 Å². The molecule has 0 saturated heterocycles. The van der Waals surface area contributed by atoms with Crippen LogP contribution in [0.5, 0.6) is 0 Å². The normalized spacial score (nSPS) is 17.4. The fourth-order valence-electron chi connectivity index (χ4n) is 17.7. The summed E-state index contributed by atoms with van der Waals surface area (Å²) in [6.45, 7) is 35.3. The number of rotatable bonds is 9. The monoisotopic (exact) mass is 1360 g/mol. The number of fused-ring (bicyclic) bond motifs is 4. The zero-order chi connectivity index (χ0) is 72.8. The Balaban J connectivity index is 1.07. The molecule has 0 aromatic heterocycles. The van der Waals surface area contributed by atoms with Crippen molar-refractivity contribution in [2.24, 2.45) is 28.6 Å². The Morgan fingerprint density at radius 1 is 0.324 bits per heavy atom. The highest BCUT2D eigenvalue weighted by molar-refractivity contribution is 7.00. The molecular formula is C102H97BN2. The second-order valence-corrected chi connectivity index (χ2v) is 35.7. The molecule has 2 heterocycles. The van der Waals surface area contributed by atoms with Crippen LogP contribution in [0, 0.1) is 28.6 Å². The summed E-state index contributed by atoms with van der Waals surface area (Å²) in [7, 11) is 0. The van der Waals surface area contributed by atoms with Crippen molar-refractivity contribution in [2.45, 2.75) is 127 Å².